The first-order valence-corrected chi connectivity index (χ1v) is 7.79. The molecule has 1 aromatic heterocycles. The second kappa shape index (κ2) is 6.78. The van der Waals surface area contributed by atoms with Crippen molar-refractivity contribution >= 4 is 6.03 Å². The van der Waals surface area contributed by atoms with E-state index in [1.807, 2.05) is 31.2 Å². The molecule has 1 fully saturated rings. The minimum absolute atomic E-state index is 0.353. The van der Waals surface area contributed by atoms with Gasteiger partial charge in [-0.25, -0.2) is 4.79 Å². The molecule has 0 bridgehead atoms. The van der Waals surface area contributed by atoms with Gasteiger partial charge in [-0.2, -0.15) is 4.98 Å². The third-order valence-corrected chi connectivity index (χ3v) is 4.11. The molecule has 2 heterocycles. The molecule has 1 aromatic carbocycles. The van der Waals surface area contributed by atoms with Crippen molar-refractivity contribution in [2.75, 3.05) is 26.2 Å². The first-order valence-electron chi connectivity index (χ1n) is 7.79. The summed E-state index contributed by atoms with van der Waals surface area (Å²) in [5.74, 6) is 1.21. The summed E-state index contributed by atoms with van der Waals surface area (Å²) in [5.41, 5.74) is 7.41. The van der Waals surface area contributed by atoms with E-state index < -0.39 is 0 Å². The lowest BCUT2D eigenvalue weighted by Crippen LogP contribution is -2.38. The topological polar surface area (TPSA) is 88.5 Å². The van der Waals surface area contributed by atoms with Crippen molar-refractivity contribution in [3.05, 3.63) is 35.7 Å². The molecule has 0 atom stereocenters. The maximum absolute atomic E-state index is 11.3. The average molecular weight is 315 g/mol. The smallest absolute Gasteiger partial charge is 0.314 e. The largest absolute Gasteiger partial charge is 0.351 e. The van der Waals surface area contributed by atoms with E-state index >= 15 is 0 Å². The van der Waals surface area contributed by atoms with Crippen LogP contribution in [0.5, 0.6) is 0 Å². The lowest BCUT2D eigenvalue weighted by atomic mass is 10.1. The lowest BCUT2D eigenvalue weighted by Gasteiger charge is -2.19. The highest BCUT2D eigenvalue weighted by atomic mass is 16.5. The molecular formula is C16H21N5O2. The molecule has 122 valence electrons. The third-order valence-electron chi connectivity index (χ3n) is 4.11. The number of hydrogen-bond donors (Lipinski definition) is 1. The van der Waals surface area contributed by atoms with Crippen molar-refractivity contribution in [2.45, 2.75) is 19.9 Å². The molecule has 0 spiro atoms. The van der Waals surface area contributed by atoms with Crippen molar-refractivity contribution in [3.63, 3.8) is 0 Å². The molecule has 3 rings (SSSR count). The number of aromatic nitrogens is 2. The number of urea groups is 1. The zero-order valence-electron chi connectivity index (χ0n) is 13.2. The summed E-state index contributed by atoms with van der Waals surface area (Å²) in [5, 5.41) is 4.08. The van der Waals surface area contributed by atoms with Crippen LogP contribution in [-0.4, -0.2) is 52.2 Å². The fourth-order valence-electron chi connectivity index (χ4n) is 2.79. The fourth-order valence-corrected chi connectivity index (χ4v) is 2.79. The van der Waals surface area contributed by atoms with E-state index in [1.165, 1.54) is 0 Å². The zero-order chi connectivity index (χ0) is 16.2. The number of hydrogen-bond acceptors (Lipinski definition) is 5. The Bertz CT molecular complexity index is 685. The van der Waals surface area contributed by atoms with Gasteiger partial charge in [0.1, 0.15) is 0 Å². The van der Waals surface area contributed by atoms with Gasteiger partial charge >= 0.3 is 6.03 Å². The maximum Gasteiger partial charge on any atom is 0.314 e. The Morgan fingerprint density at radius 2 is 2.09 bits per heavy atom. The predicted octanol–water partition coefficient (Wildman–Crippen LogP) is 1.63. The number of aryl methyl sites for hydroxylation is 1. The molecule has 0 radical (unpaired) electrons. The van der Waals surface area contributed by atoms with Gasteiger partial charge in [0, 0.05) is 31.7 Å². The van der Waals surface area contributed by atoms with Crippen LogP contribution in [0.15, 0.2) is 28.8 Å². The minimum Gasteiger partial charge on any atom is -0.351 e. The van der Waals surface area contributed by atoms with Crippen molar-refractivity contribution in [3.8, 4) is 11.5 Å². The van der Waals surface area contributed by atoms with E-state index in [1.54, 1.807) is 4.90 Å². The van der Waals surface area contributed by atoms with E-state index in [0.717, 1.165) is 30.6 Å². The van der Waals surface area contributed by atoms with Crippen LogP contribution in [-0.2, 0) is 6.54 Å². The quantitative estimate of drug-likeness (QED) is 0.930. The number of rotatable bonds is 3. The van der Waals surface area contributed by atoms with Crippen molar-refractivity contribution in [2.24, 2.45) is 5.73 Å². The zero-order valence-corrected chi connectivity index (χ0v) is 13.2. The molecule has 1 saturated heterocycles. The lowest BCUT2D eigenvalue weighted by molar-refractivity contribution is 0.206. The predicted molar refractivity (Wildman–Crippen MR) is 85.5 cm³/mol. The van der Waals surface area contributed by atoms with Crippen LogP contribution in [0, 0.1) is 6.92 Å². The number of benzene rings is 1. The normalized spacial score (nSPS) is 16.3. The molecule has 0 unspecified atom stereocenters. The Labute approximate surface area is 135 Å². The van der Waals surface area contributed by atoms with Crippen LogP contribution < -0.4 is 5.73 Å². The van der Waals surface area contributed by atoms with Gasteiger partial charge in [-0.15, -0.1) is 0 Å². The molecule has 1 aliphatic rings. The number of carbonyl (C=O) groups is 1. The standard InChI is InChI=1S/C16H21N5O2/c1-12-5-2-3-6-13(12)15-18-14(19-23-15)11-20-7-4-8-21(10-9-20)16(17)22/h2-3,5-6H,4,7-11H2,1H3,(H2,17,22). The number of primary amides is 1. The summed E-state index contributed by atoms with van der Waals surface area (Å²) in [7, 11) is 0. The van der Waals surface area contributed by atoms with Crippen molar-refractivity contribution in [1.29, 1.82) is 0 Å². The molecule has 0 saturated carbocycles. The van der Waals surface area contributed by atoms with Gasteiger partial charge < -0.3 is 15.2 Å². The second-order valence-corrected chi connectivity index (χ2v) is 5.79. The first-order chi connectivity index (χ1) is 11.1. The third kappa shape index (κ3) is 3.68. The summed E-state index contributed by atoms with van der Waals surface area (Å²) in [4.78, 5) is 19.6. The van der Waals surface area contributed by atoms with E-state index in [-0.39, 0.29) is 6.03 Å². The Kier molecular flexibility index (Phi) is 4.57. The van der Waals surface area contributed by atoms with Gasteiger partial charge in [-0.1, -0.05) is 23.4 Å². The van der Waals surface area contributed by atoms with E-state index in [0.29, 0.717) is 31.3 Å². The van der Waals surface area contributed by atoms with Crippen molar-refractivity contribution in [1.82, 2.24) is 19.9 Å². The molecular weight excluding hydrogens is 294 g/mol. The van der Waals surface area contributed by atoms with Crippen LogP contribution in [0.2, 0.25) is 0 Å². The first kappa shape index (κ1) is 15.5. The highest BCUT2D eigenvalue weighted by molar-refractivity contribution is 5.71. The second-order valence-electron chi connectivity index (χ2n) is 5.79. The molecule has 7 heteroatoms. The van der Waals surface area contributed by atoms with Crippen LogP contribution in [0.1, 0.15) is 17.8 Å². The fraction of sp³-hybridized carbons (Fsp3) is 0.438. The average Bonchev–Trinajstić information content (AvgIpc) is 2.85. The number of amides is 2. The number of carbonyl (C=O) groups excluding carboxylic acids is 1. The molecule has 23 heavy (non-hydrogen) atoms. The van der Waals surface area contributed by atoms with Crippen molar-refractivity contribution < 1.29 is 9.32 Å². The van der Waals surface area contributed by atoms with Crippen LogP contribution in [0.4, 0.5) is 4.79 Å². The summed E-state index contributed by atoms with van der Waals surface area (Å²) >= 11 is 0. The number of nitrogens with two attached hydrogens (primary N) is 1. The Balaban J connectivity index is 1.65. The van der Waals surface area contributed by atoms with E-state index in [2.05, 4.69) is 15.0 Å². The summed E-state index contributed by atoms with van der Waals surface area (Å²) in [6.45, 7) is 5.62. The Morgan fingerprint density at radius 1 is 1.26 bits per heavy atom. The van der Waals surface area contributed by atoms with Gasteiger partial charge in [-0.3, -0.25) is 4.90 Å². The molecule has 0 aliphatic carbocycles. The minimum atomic E-state index is -0.353. The molecule has 1 aliphatic heterocycles. The van der Waals surface area contributed by atoms with Gasteiger partial charge in [0.2, 0.25) is 0 Å². The Hall–Kier alpha value is -2.41. The van der Waals surface area contributed by atoms with Crippen LogP contribution >= 0.6 is 0 Å². The van der Waals surface area contributed by atoms with Crippen LogP contribution in [0.25, 0.3) is 11.5 Å². The van der Waals surface area contributed by atoms with Gasteiger partial charge in [0.15, 0.2) is 5.82 Å². The molecule has 2 N–H and O–H groups in total. The monoisotopic (exact) mass is 315 g/mol. The maximum atomic E-state index is 11.3. The highest BCUT2D eigenvalue weighted by Crippen LogP contribution is 2.21. The van der Waals surface area contributed by atoms with E-state index in [4.69, 9.17) is 10.3 Å². The molecule has 2 amide bonds. The van der Waals surface area contributed by atoms with E-state index in [9.17, 15) is 4.79 Å². The molecule has 7 nitrogen and oxygen atoms in total. The van der Waals surface area contributed by atoms with Crippen LogP contribution in [0.3, 0.4) is 0 Å². The summed E-state index contributed by atoms with van der Waals surface area (Å²) in [6.07, 6.45) is 0.894. The highest BCUT2D eigenvalue weighted by Gasteiger charge is 2.19. The SMILES string of the molecule is Cc1ccccc1-c1nc(CN2CCCN(C(N)=O)CC2)no1. The Morgan fingerprint density at radius 3 is 2.87 bits per heavy atom. The molecule has 2 aromatic rings. The summed E-state index contributed by atoms with van der Waals surface area (Å²) in [6, 6.07) is 7.58. The summed E-state index contributed by atoms with van der Waals surface area (Å²) < 4.78 is 5.39. The van der Waals surface area contributed by atoms with Gasteiger partial charge in [0.05, 0.1) is 6.54 Å². The van der Waals surface area contributed by atoms with Gasteiger partial charge in [-0.05, 0) is 25.0 Å². The number of nitrogens with zero attached hydrogens (tertiary/aromatic N) is 4. The van der Waals surface area contributed by atoms with Gasteiger partial charge in [0.25, 0.3) is 5.89 Å².